The molecule has 1 aromatic heterocycles. The summed E-state index contributed by atoms with van der Waals surface area (Å²) in [6.07, 6.45) is 3.70. The molecular weight excluding hydrogens is 190 g/mol. The molecule has 0 radical (unpaired) electrons. The summed E-state index contributed by atoms with van der Waals surface area (Å²) in [6, 6.07) is 5.48. The molecule has 0 unspecified atom stereocenters. The standard InChI is InChI=1S/C11H11N3O/c12-4-3-11(15)8-1-2-9-6-13-14-7-10(9)5-8/h1-2,5-7H,3-4,12H2. The van der Waals surface area contributed by atoms with Gasteiger partial charge in [-0.2, -0.15) is 10.2 Å². The monoisotopic (exact) mass is 201 g/mol. The molecule has 0 spiro atoms. The van der Waals surface area contributed by atoms with Crippen molar-refractivity contribution in [2.45, 2.75) is 6.42 Å². The van der Waals surface area contributed by atoms with Gasteiger partial charge in [0.1, 0.15) is 0 Å². The van der Waals surface area contributed by atoms with E-state index in [2.05, 4.69) is 10.2 Å². The number of carbonyl (C=O) groups excluding carboxylic acids is 1. The van der Waals surface area contributed by atoms with Gasteiger partial charge in [0, 0.05) is 22.8 Å². The molecule has 0 fully saturated rings. The van der Waals surface area contributed by atoms with Crippen LogP contribution in [0.15, 0.2) is 30.6 Å². The molecule has 1 aromatic carbocycles. The van der Waals surface area contributed by atoms with Gasteiger partial charge >= 0.3 is 0 Å². The van der Waals surface area contributed by atoms with Crippen molar-refractivity contribution >= 4 is 16.6 Å². The first-order valence-electron chi connectivity index (χ1n) is 4.75. The van der Waals surface area contributed by atoms with Gasteiger partial charge in [0.15, 0.2) is 5.78 Å². The van der Waals surface area contributed by atoms with Crippen molar-refractivity contribution < 1.29 is 4.79 Å². The van der Waals surface area contributed by atoms with Crippen molar-refractivity contribution in [3.63, 3.8) is 0 Å². The average molecular weight is 201 g/mol. The van der Waals surface area contributed by atoms with Gasteiger partial charge in [0.2, 0.25) is 0 Å². The van der Waals surface area contributed by atoms with Crippen molar-refractivity contribution in [2.75, 3.05) is 6.54 Å². The SMILES string of the molecule is NCCC(=O)c1ccc2cnncc2c1. The second kappa shape index (κ2) is 4.14. The first-order valence-corrected chi connectivity index (χ1v) is 4.75. The first-order chi connectivity index (χ1) is 7.31. The lowest BCUT2D eigenvalue weighted by Crippen LogP contribution is -2.07. The smallest absolute Gasteiger partial charge is 0.164 e. The summed E-state index contributed by atoms with van der Waals surface area (Å²) in [5.74, 6) is 0.0659. The molecule has 0 saturated carbocycles. The Balaban J connectivity index is 2.42. The number of benzene rings is 1. The molecule has 76 valence electrons. The number of carbonyl (C=O) groups is 1. The van der Waals surface area contributed by atoms with E-state index < -0.39 is 0 Å². The van der Waals surface area contributed by atoms with Gasteiger partial charge in [-0.1, -0.05) is 12.1 Å². The highest BCUT2D eigenvalue weighted by Gasteiger charge is 2.05. The number of fused-ring (bicyclic) bond motifs is 1. The fourth-order valence-electron chi connectivity index (χ4n) is 1.44. The highest BCUT2D eigenvalue weighted by Crippen LogP contribution is 2.14. The second-order valence-electron chi connectivity index (χ2n) is 3.29. The maximum absolute atomic E-state index is 11.6. The van der Waals surface area contributed by atoms with Crippen LogP contribution in [0, 0.1) is 0 Å². The van der Waals surface area contributed by atoms with Crippen molar-refractivity contribution in [1.82, 2.24) is 10.2 Å². The lowest BCUT2D eigenvalue weighted by molar-refractivity contribution is 0.0985. The Morgan fingerprint density at radius 1 is 1.20 bits per heavy atom. The Bertz CT molecular complexity index is 496. The lowest BCUT2D eigenvalue weighted by atomic mass is 10.1. The van der Waals surface area contributed by atoms with E-state index in [4.69, 9.17) is 5.73 Å². The van der Waals surface area contributed by atoms with Crippen LogP contribution in [0.25, 0.3) is 10.8 Å². The summed E-state index contributed by atoms with van der Waals surface area (Å²) in [4.78, 5) is 11.6. The van der Waals surface area contributed by atoms with E-state index in [0.29, 0.717) is 18.5 Å². The van der Waals surface area contributed by atoms with E-state index in [1.54, 1.807) is 18.5 Å². The molecule has 4 heteroatoms. The summed E-state index contributed by atoms with van der Waals surface area (Å²) in [7, 11) is 0. The third kappa shape index (κ3) is 1.99. The molecule has 1 heterocycles. The quantitative estimate of drug-likeness (QED) is 0.756. The number of aromatic nitrogens is 2. The normalized spacial score (nSPS) is 10.5. The largest absolute Gasteiger partial charge is 0.330 e. The maximum Gasteiger partial charge on any atom is 0.164 e. The molecule has 0 aliphatic carbocycles. The zero-order valence-corrected chi connectivity index (χ0v) is 8.18. The lowest BCUT2D eigenvalue weighted by Gasteiger charge is -2.01. The number of Topliss-reactive ketones (excluding diaryl/α,β-unsaturated/α-hetero) is 1. The van der Waals surface area contributed by atoms with Crippen molar-refractivity contribution in [3.05, 3.63) is 36.2 Å². The highest BCUT2D eigenvalue weighted by molar-refractivity contribution is 5.99. The molecule has 0 aliphatic rings. The Kier molecular flexibility index (Phi) is 2.69. The van der Waals surface area contributed by atoms with Gasteiger partial charge < -0.3 is 5.73 Å². The third-order valence-electron chi connectivity index (χ3n) is 2.24. The minimum Gasteiger partial charge on any atom is -0.330 e. The summed E-state index contributed by atoms with van der Waals surface area (Å²) in [5, 5.41) is 9.45. The summed E-state index contributed by atoms with van der Waals surface area (Å²) < 4.78 is 0. The summed E-state index contributed by atoms with van der Waals surface area (Å²) >= 11 is 0. The minimum absolute atomic E-state index is 0.0659. The Hall–Kier alpha value is -1.81. The third-order valence-corrected chi connectivity index (χ3v) is 2.24. The van der Waals surface area contributed by atoms with Gasteiger partial charge in [0.05, 0.1) is 12.4 Å². The number of hydrogen-bond donors (Lipinski definition) is 1. The predicted molar refractivity (Wildman–Crippen MR) is 57.5 cm³/mol. The Labute approximate surface area is 87.1 Å². The van der Waals surface area contributed by atoms with Crippen molar-refractivity contribution in [1.29, 1.82) is 0 Å². The van der Waals surface area contributed by atoms with Gasteiger partial charge in [-0.05, 0) is 12.6 Å². The van der Waals surface area contributed by atoms with Gasteiger partial charge in [-0.3, -0.25) is 4.79 Å². The molecule has 4 nitrogen and oxygen atoms in total. The van der Waals surface area contributed by atoms with Crippen molar-refractivity contribution in [3.8, 4) is 0 Å². The molecule has 0 atom stereocenters. The summed E-state index contributed by atoms with van der Waals surface area (Å²) in [6.45, 7) is 0.380. The van der Waals surface area contributed by atoms with Crippen LogP contribution in [0.3, 0.4) is 0 Å². The molecule has 0 aliphatic heterocycles. The van der Waals surface area contributed by atoms with E-state index in [-0.39, 0.29) is 5.78 Å². The molecule has 2 aromatic rings. The van der Waals surface area contributed by atoms with Crippen LogP contribution < -0.4 is 5.73 Å². The fourth-order valence-corrected chi connectivity index (χ4v) is 1.44. The Morgan fingerprint density at radius 2 is 1.93 bits per heavy atom. The van der Waals surface area contributed by atoms with Crippen molar-refractivity contribution in [2.24, 2.45) is 5.73 Å². The van der Waals surface area contributed by atoms with E-state index in [1.807, 2.05) is 12.1 Å². The average Bonchev–Trinajstić information content (AvgIpc) is 2.29. The van der Waals surface area contributed by atoms with E-state index in [0.717, 1.165) is 10.8 Å². The van der Waals surface area contributed by atoms with Gasteiger partial charge in [-0.25, -0.2) is 0 Å². The summed E-state index contributed by atoms with van der Waals surface area (Å²) in [5.41, 5.74) is 6.02. The Morgan fingerprint density at radius 3 is 2.67 bits per heavy atom. The number of nitrogens with zero attached hydrogens (tertiary/aromatic N) is 2. The zero-order chi connectivity index (χ0) is 10.7. The first kappa shape index (κ1) is 9.73. The van der Waals surface area contributed by atoms with Gasteiger partial charge in [0.25, 0.3) is 0 Å². The van der Waals surface area contributed by atoms with E-state index in [1.165, 1.54) is 0 Å². The van der Waals surface area contributed by atoms with Crippen LogP contribution in [0.4, 0.5) is 0 Å². The van der Waals surface area contributed by atoms with Gasteiger partial charge in [-0.15, -0.1) is 0 Å². The highest BCUT2D eigenvalue weighted by atomic mass is 16.1. The predicted octanol–water partition coefficient (Wildman–Crippen LogP) is 1.16. The van der Waals surface area contributed by atoms with Crippen LogP contribution in [-0.2, 0) is 0 Å². The maximum atomic E-state index is 11.6. The van der Waals surface area contributed by atoms with Crippen LogP contribution in [0.1, 0.15) is 16.8 Å². The minimum atomic E-state index is 0.0659. The number of ketones is 1. The number of nitrogens with two attached hydrogens (primary N) is 1. The molecule has 15 heavy (non-hydrogen) atoms. The van der Waals surface area contributed by atoms with Crippen LogP contribution >= 0.6 is 0 Å². The van der Waals surface area contributed by atoms with Crippen LogP contribution in [0.2, 0.25) is 0 Å². The molecule has 2 rings (SSSR count). The van der Waals surface area contributed by atoms with E-state index >= 15 is 0 Å². The molecular formula is C11H11N3O. The molecule has 2 N–H and O–H groups in total. The second-order valence-corrected chi connectivity index (χ2v) is 3.29. The van der Waals surface area contributed by atoms with Crippen LogP contribution in [0.5, 0.6) is 0 Å². The van der Waals surface area contributed by atoms with Crippen LogP contribution in [-0.4, -0.2) is 22.5 Å². The number of hydrogen-bond acceptors (Lipinski definition) is 4. The molecule has 0 amide bonds. The number of rotatable bonds is 3. The zero-order valence-electron chi connectivity index (χ0n) is 8.18. The molecule has 0 saturated heterocycles. The topological polar surface area (TPSA) is 68.9 Å². The fraction of sp³-hybridized carbons (Fsp3) is 0.182. The molecule has 0 bridgehead atoms. The van der Waals surface area contributed by atoms with E-state index in [9.17, 15) is 4.79 Å².